The van der Waals surface area contributed by atoms with E-state index in [4.69, 9.17) is 0 Å². The largest absolute Gasteiger partial charge is 0.325 e. The Labute approximate surface area is 196 Å². The van der Waals surface area contributed by atoms with Crippen molar-refractivity contribution in [3.8, 4) is 0 Å². The number of ketones is 1. The van der Waals surface area contributed by atoms with Gasteiger partial charge in [0.2, 0.25) is 5.91 Å². The number of non-ortho nitro benzene ring substituents is 2. The molecule has 0 aliphatic carbocycles. The third kappa shape index (κ3) is 7.16. The highest BCUT2D eigenvalue weighted by Crippen LogP contribution is 2.23. The SMILES string of the molecule is O=C(CSc1ccc([N+](=O)[O-])cc1)Nc1ccc(C(=O)CSc2ccc([N+](=O)[O-])cc2)cc1. The number of nitro groups is 2. The first-order chi connectivity index (χ1) is 15.8. The maximum absolute atomic E-state index is 12.4. The number of rotatable bonds is 10. The molecule has 33 heavy (non-hydrogen) atoms. The van der Waals surface area contributed by atoms with E-state index in [0.29, 0.717) is 11.3 Å². The van der Waals surface area contributed by atoms with Gasteiger partial charge in [-0.15, -0.1) is 23.5 Å². The fraction of sp³-hybridized carbons (Fsp3) is 0.0909. The Morgan fingerprint density at radius 2 is 1.15 bits per heavy atom. The van der Waals surface area contributed by atoms with Crippen LogP contribution in [0, 0.1) is 20.2 Å². The number of anilines is 1. The van der Waals surface area contributed by atoms with Crippen LogP contribution in [0.15, 0.2) is 82.6 Å². The van der Waals surface area contributed by atoms with Gasteiger partial charge in [0.05, 0.1) is 21.4 Å². The van der Waals surface area contributed by atoms with Gasteiger partial charge in [-0.25, -0.2) is 0 Å². The normalized spacial score (nSPS) is 10.4. The molecule has 3 aromatic rings. The lowest BCUT2D eigenvalue weighted by Gasteiger charge is -2.07. The molecule has 0 aliphatic heterocycles. The van der Waals surface area contributed by atoms with E-state index < -0.39 is 9.85 Å². The summed E-state index contributed by atoms with van der Waals surface area (Å²) in [4.78, 5) is 46.4. The number of hydrogen-bond acceptors (Lipinski definition) is 8. The third-order valence-electron chi connectivity index (χ3n) is 4.33. The highest BCUT2D eigenvalue weighted by Gasteiger charge is 2.10. The molecule has 3 rings (SSSR count). The second kappa shape index (κ2) is 11.2. The van der Waals surface area contributed by atoms with Crippen LogP contribution in [0.3, 0.4) is 0 Å². The molecule has 0 spiro atoms. The molecule has 9 nitrogen and oxygen atoms in total. The van der Waals surface area contributed by atoms with Crippen molar-refractivity contribution < 1.29 is 19.4 Å². The lowest BCUT2D eigenvalue weighted by atomic mass is 10.1. The number of nitrogens with zero attached hydrogens (tertiary/aromatic N) is 2. The molecule has 0 saturated heterocycles. The van der Waals surface area contributed by atoms with E-state index in [1.54, 1.807) is 48.5 Å². The van der Waals surface area contributed by atoms with Crippen LogP contribution in [0.25, 0.3) is 0 Å². The maximum atomic E-state index is 12.4. The smallest absolute Gasteiger partial charge is 0.269 e. The topological polar surface area (TPSA) is 132 Å². The summed E-state index contributed by atoms with van der Waals surface area (Å²) in [5, 5.41) is 24.1. The summed E-state index contributed by atoms with van der Waals surface area (Å²) in [6.45, 7) is 0. The van der Waals surface area contributed by atoms with E-state index in [9.17, 15) is 29.8 Å². The minimum absolute atomic E-state index is 0.00513. The summed E-state index contributed by atoms with van der Waals surface area (Å²) in [5.74, 6) is -0.0455. The number of carbonyl (C=O) groups excluding carboxylic acids is 2. The fourth-order valence-electron chi connectivity index (χ4n) is 2.65. The number of Topliss-reactive ketones (excluding diaryl/α,β-unsaturated/α-hetero) is 1. The zero-order valence-corrected chi connectivity index (χ0v) is 18.6. The molecule has 0 aromatic heterocycles. The molecule has 0 radical (unpaired) electrons. The van der Waals surface area contributed by atoms with Crippen LogP contribution >= 0.6 is 23.5 Å². The Morgan fingerprint density at radius 3 is 1.61 bits per heavy atom. The number of hydrogen-bond donors (Lipinski definition) is 1. The number of amides is 1. The van der Waals surface area contributed by atoms with Crippen molar-refractivity contribution >= 4 is 52.3 Å². The van der Waals surface area contributed by atoms with Crippen LogP contribution in [-0.2, 0) is 4.79 Å². The molecule has 0 heterocycles. The second-order valence-corrected chi connectivity index (χ2v) is 8.73. The van der Waals surface area contributed by atoms with E-state index in [0.717, 1.165) is 9.79 Å². The van der Waals surface area contributed by atoms with Crippen LogP contribution < -0.4 is 5.32 Å². The number of thioether (sulfide) groups is 2. The van der Waals surface area contributed by atoms with Gasteiger partial charge in [-0.3, -0.25) is 29.8 Å². The number of benzene rings is 3. The van der Waals surface area contributed by atoms with Gasteiger partial charge in [0.1, 0.15) is 0 Å². The van der Waals surface area contributed by atoms with Crippen molar-refractivity contribution in [3.63, 3.8) is 0 Å². The Bertz CT molecular complexity index is 1170. The number of nitrogens with one attached hydrogen (secondary N) is 1. The number of nitro benzene ring substituents is 2. The first-order valence-corrected chi connectivity index (χ1v) is 11.5. The zero-order chi connectivity index (χ0) is 23.8. The summed E-state index contributed by atoms with van der Waals surface area (Å²) >= 11 is 2.54. The van der Waals surface area contributed by atoms with E-state index in [2.05, 4.69) is 5.32 Å². The minimum atomic E-state index is -0.482. The molecule has 3 aromatic carbocycles. The van der Waals surface area contributed by atoms with Gasteiger partial charge in [0.25, 0.3) is 11.4 Å². The molecular formula is C22H17N3O6S2. The summed E-state index contributed by atoms with van der Waals surface area (Å²) in [6, 6.07) is 18.5. The molecule has 168 valence electrons. The lowest BCUT2D eigenvalue weighted by Crippen LogP contribution is -2.14. The van der Waals surface area contributed by atoms with Crippen molar-refractivity contribution in [2.45, 2.75) is 9.79 Å². The lowest BCUT2D eigenvalue weighted by molar-refractivity contribution is -0.385. The van der Waals surface area contributed by atoms with Crippen LogP contribution in [-0.4, -0.2) is 33.0 Å². The molecule has 1 amide bonds. The summed E-state index contributed by atoms with van der Waals surface area (Å²) in [5.41, 5.74) is 1.02. The molecule has 0 atom stereocenters. The predicted molar refractivity (Wildman–Crippen MR) is 127 cm³/mol. The van der Waals surface area contributed by atoms with Gasteiger partial charge >= 0.3 is 0 Å². The molecule has 1 N–H and O–H groups in total. The molecule has 11 heteroatoms. The third-order valence-corrected chi connectivity index (χ3v) is 6.35. The van der Waals surface area contributed by atoms with Crippen molar-refractivity contribution in [1.29, 1.82) is 0 Å². The second-order valence-electron chi connectivity index (χ2n) is 6.63. The number of carbonyl (C=O) groups is 2. The molecule has 0 unspecified atom stereocenters. The molecule has 0 aliphatic rings. The first kappa shape index (κ1) is 24.0. The van der Waals surface area contributed by atoms with Crippen molar-refractivity contribution in [1.82, 2.24) is 0 Å². The molecule has 0 fully saturated rings. The Balaban J connectivity index is 1.46. The summed E-state index contributed by atoms with van der Waals surface area (Å²) < 4.78 is 0. The average molecular weight is 484 g/mol. The van der Waals surface area contributed by atoms with Gasteiger partial charge in [0, 0.05) is 45.3 Å². The van der Waals surface area contributed by atoms with Gasteiger partial charge in [-0.05, 0) is 48.5 Å². The predicted octanol–water partition coefficient (Wildman–Crippen LogP) is 5.21. The Hall–Kier alpha value is -3.70. The zero-order valence-electron chi connectivity index (χ0n) is 17.0. The van der Waals surface area contributed by atoms with E-state index in [1.807, 2.05) is 0 Å². The van der Waals surface area contributed by atoms with Gasteiger partial charge < -0.3 is 5.32 Å². The molecular weight excluding hydrogens is 466 g/mol. The van der Waals surface area contributed by atoms with Crippen molar-refractivity contribution in [3.05, 3.63) is 98.6 Å². The quantitative estimate of drug-likeness (QED) is 0.180. The van der Waals surface area contributed by atoms with E-state index in [1.165, 1.54) is 47.8 Å². The Kier molecular flexibility index (Phi) is 8.17. The fourth-order valence-corrected chi connectivity index (χ4v) is 4.14. The van der Waals surface area contributed by atoms with Gasteiger partial charge in [-0.2, -0.15) is 0 Å². The minimum Gasteiger partial charge on any atom is -0.325 e. The summed E-state index contributed by atoms with van der Waals surface area (Å²) in [6.07, 6.45) is 0. The molecule has 0 saturated carbocycles. The van der Waals surface area contributed by atoms with E-state index in [-0.39, 0.29) is 34.6 Å². The van der Waals surface area contributed by atoms with E-state index >= 15 is 0 Å². The molecule has 0 bridgehead atoms. The Morgan fingerprint density at radius 1 is 0.697 bits per heavy atom. The van der Waals surface area contributed by atoms with Crippen molar-refractivity contribution in [2.75, 3.05) is 16.8 Å². The first-order valence-electron chi connectivity index (χ1n) is 9.49. The van der Waals surface area contributed by atoms with Crippen LogP contribution in [0.4, 0.5) is 17.1 Å². The van der Waals surface area contributed by atoms with Crippen LogP contribution in [0.2, 0.25) is 0 Å². The van der Waals surface area contributed by atoms with Gasteiger partial charge in [0.15, 0.2) is 5.78 Å². The monoisotopic (exact) mass is 483 g/mol. The van der Waals surface area contributed by atoms with Crippen LogP contribution in [0.1, 0.15) is 10.4 Å². The standard InChI is InChI=1S/C22H17N3O6S2/c26-21(13-32-19-9-5-17(6-10-19)24(28)29)15-1-3-16(4-2-15)23-22(27)14-33-20-11-7-18(8-12-20)25(30)31/h1-12H,13-14H2,(H,23,27). The highest BCUT2D eigenvalue weighted by molar-refractivity contribution is 8.00. The average Bonchev–Trinajstić information content (AvgIpc) is 2.82. The van der Waals surface area contributed by atoms with Gasteiger partial charge in [-0.1, -0.05) is 0 Å². The van der Waals surface area contributed by atoms with Crippen molar-refractivity contribution in [2.24, 2.45) is 0 Å². The highest BCUT2D eigenvalue weighted by atomic mass is 32.2. The van der Waals surface area contributed by atoms with Crippen LogP contribution in [0.5, 0.6) is 0 Å². The summed E-state index contributed by atoms with van der Waals surface area (Å²) in [7, 11) is 0. The maximum Gasteiger partial charge on any atom is 0.269 e.